The number of sulfone groups is 2. The monoisotopic (exact) mass is 439 g/mol. The van der Waals surface area contributed by atoms with Gasteiger partial charge in [-0.05, 0) is 30.2 Å². The van der Waals surface area contributed by atoms with Gasteiger partial charge < -0.3 is 14.8 Å². The normalized spacial score (nSPS) is 21.1. The summed E-state index contributed by atoms with van der Waals surface area (Å²) in [5.74, 6) is 0.0594. The lowest BCUT2D eigenvalue weighted by Gasteiger charge is -2.21. The zero-order valence-corrected chi connectivity index (χ0v) is 18.2. The molecule has 1 aliphatic rings. The highest BCUT2D eigenvalue weighted by molar-refractivity contribution is 7.96. The topological polar surface area (TPSA) is 98.8 Å². The molecule has 2 atom stereocenters. The number of hydrogen-bond donors (Lipinski definition) is 1. The first-order chi connectivity index (χ1) is 13.7. The second-order valence-electron chi connectivity index (χ2n) is 7.09. The average molecular weight is 440 g/mol. The number of nitrogens with one attached hydrogen (secondary N) is 1. The Labute approximate surface area is 171 Å². The van der Waals surface area contributed by atoms with Crippen LogP contribution >= 0.6 is 0 Å². The molecule has 0 bridgehead atoms. The Hall–Kier alpha value is -2.10. The minimum absolute atomic E-state index is 0.0138. The van der Waals surface area contributed by atoms with E-state index < -0.39 is 36.7 Å². The summed E-state index contributed by atoms with van der Waals surface area (Å²) in [5.41, 5.74) is 2.05. The summed E-state index contributed by atoms with van der Waals surface area (Å²) in [6.45, 7) is 2.35. The summed E-state index contributed by atoms with van der Waals surface area (Å²) < 4.78 is 61.5. The van der Waals surface area contributed by atoms with Crippen LogP contribution in [-0.4, -0.2) is 53.9 Å². The molecule has 0 aromatic heterocycles. The standard InChI is InChI=1S/C20H25NO6S2/c1-14-6-4-5-7-15(14)11-21-17-12-28(22,23)13-20(17)29(24,25)16-8-9-18(26-2)19(10-16)27-3/h4-10,17,20-21H,11-13H2,1-3H3/t17-,20-/m0/s1. The number of hydrogen-bond acceptors (Lipinski definition) is 7. The zero-order chi connectivity index (χ0) is 21.2. The van der Waals surface area contributed by atoms with Crippen molar-refractivity contribution in [1.82, 2.24) is 5.32 Å². The first kappa shape index (κ1) is 21.6. The molecule has 0 radical (unpaired) electrons. The molecular weight excluding hydrogens is 414 g/mol. The van der Waals surface area contributed by atoms with Crippen molar-refractivity contribution < 1.29 is 26.3 Å². The third-order valence-electron chi connectivity index (χ3n) is 5.20. The maximum Gasteiger partial charge on any atom is 0.183 e. The van der Waals surface area contributed by atoms with Gasteiger partial charge in [0.2, 0.25) is 0 Å². The quantitative estimate of drug-likeness (QED) is 0.702. The fraction of sp³-hybridized carbons (Fsp3) is 0.400. The molecule has 0 unspecified atom stereocenters. The van der Waals surface area contributed by atoms with Crippen molar-refractivity contribution in [1.29, 1.82) is 0 Å². The molecule has 1 heterocycles. The van der Waals surface area contributed by atoms with Gasteiger partial charge >= 0.3 is 0 Å². The van der Waals surface area contributed by atoms with Crippen LogP contribution in [0.4, 0.5) is 0 Å². The van der Waals surface area contributed by atoms with E-state index in [0.29, 0.717) is 12.3 Å². The number of methoxy groups -OCH3 is 2. The van der Waals surface area contributed by atoms with Crippen molar-refractivity contribution in [3.05, 3.63) is 53.6 Å². The van der Waals surface area contributed by atoms with Crippen LogP contribution in [0.15, 0.2) is 47.4 Å². The van der Waals surface area contributed by atoms with Crippen LogP contribution in [0.1, 0.15) is 11.1 Å². The van der Waals surface area contributed by atoms with Gasteiger partial charge in [-0.1, -0.05) is 24.3 Å². The molecule has 158 valence electrons. The molecular formula is C20H25NO6S2. The van der Waals surface area contributed by atoms with Crippen molar-refractivity contribution in [2.75, 3.05) is 25.7 Å². The first-order valence-corrected chi connectivity index (χ1v) is 12.5. The van der Waals surface area contributed by atoms with E-state index >= 15 is 0 Å². The third kappa shape index (κ3) is 4.57. The van der Waals surface area contributed by atoms with Gasteiger partial charge in [-0.3, -0.25) is 0 Å². The Balaban J connectivity index is 1.90. The lowest BCUT2D eigenvalue weighted by Crippen LogP contribution is -2.43. The summed E-state index contributed by atoms with van der Waals surface area (Å²) in [4.78, 5) is 0.0138. The van der Waals surface area contributed by atoms with Crippen LogP contribution in [-0.2, 0) is 26.2 Å². The van der Waals surface area contributed by atoms with Crippen molar-refractivity contribution in [2.45, 2.75) is 29.7 Å². The van der Waals surface area contributed by atoms with E-state index in [1.54, 1.807) is 0 Å². The fourth-order valence-corrected chi connectivity index (χ4v) is 8.26. The van der Waals surface area contributed by atoms with Crippen molar-refractivity contribution >= 4 is 19.7 Å². The van der Waals surface area contributed by atoms with Gasteiger partial charge in [-0.15, -0.1) is 0 Å². The highest BCUT2D eigenvalue weighted by Crippen LogP contribution is 2.33. The zero-order valence-electron chi connectivity index (χ0n) is 16.6. The van der Waals surface area contributed by atoms with Gasteiger partial charge in [0.15, 0.2) is 31.2 Å². The van der Waals surface area contributed by atoms with E-state index in [2.05, 4.69) is 5.32 Å². The smallest absolute Gasteiger partial charge is 0.183 e. The van der Waals surface area contributed by atoms with E-state index in [1.807, 2.05) is 31.2 Å². The van der Waals surface area contributed by atoms with Crippen LogP contribution in [0, 0.1) is 6.92 Å². The molecule has 0 amide bonds. The van der Waals surface area contributed by atoms with Gasteiger partial charge in [-0.25, -0.2) is 16.8 Å². The Bertz CT molecular complexity index is 1100. The molecule has 7 nitrogen and oxygen atoms in total. The minimum atomic E-state index is -3.91. The van der Waals surface area contributed by atoms with Gasteiger partial charge in [-0.2, -0.15) is 0 Å². The lowest BCUT2D eigenvalue weighted by molar-refractivity contribution is 0.354. The molecule has 2 aromatic rings. The van der Waals surface area contributed by atoms with Crippen molar-refractivity contribution in [2.24, 2.45) is 0 Å². The first-order valence-electron chi connectivity index (χ1n) is 9.12. The highest BCUT2D eigenvalue weighted by atomic mass is 32.2. The largest absolute Gasteiger partial charge is 0.493 e. The summed E-state index contributed by atoms with van der Waals surface area (Å²) in [6.07, 6.45) is 0. The predicted molar refractivity (Wildman–Crippen MR) is 111 cm³/mol. The van der Waals surface area contributed by atoms with E-state index in [9.17, 15) is 16.8 Å². The van der Waals surface area contributed by atoms with Crippen molar-refractivity contribution in [3.8, 4) is 11.5 Å². The Kier molecular flexibility index (Phi) is 6.21. The Morgan fingerprint density at radius 3 is 2.38 bits per heavy atom. The highest BCUT2D eigenvalue weighted by Gasteiger charge is 2.45. The van der Waals surface area contributed by atoms with Crippen LogP contribution < -0.4 is 14.8 Å². The van der Waals surface area contributed by atoms with Crippen molar-refractivity contribution in [3.63, 3.8) is 0 Å². The predicted octanol–water partition coefficient (Wildman–Crippen LogP) is 1.74. The van der Waals surface area contributed by atoms with Gasteiger partial charge in [0.25, 0.3) is 0 Å². The molecule has 0 saturated carbocycles. The van der Waals surface area contributed by atoms with E-state index in [0.717, 1.165) is 11.1 Å². The Morgan fingerprint density at radius 2 is 1.72 bits per heavy atom. The van der Waals surface area contributed by atoms with E-state index in [4.69, 9.17) is 9.47 Å². The summed E-state index contributed by atoms with van der Waals surface area (Å²) >= 11 is 0. The molecule has 0 aliphatic carbocycles. The molecule has 3 rings (SSSR count). The molecule has 1 N–H and O–H groups in total. The summed E-state index contributed by atoms with van der Waals surface area (Å²) in [5, 5.41) is 2.08. The van der Waals surface area contributed by atoms with Crippen LogP contribution in [0.2, 0.25) is 0 Å². The SMILES string of the molecule is COc1ccc(S(=O)(=O)[C@H]2CS(=O)(=O)C[C@@H]2NCc2ccccc2C)cc1OC. The number of ether oxygens (including phenoxy) is 2. The van der Waals surface area contributed by atoms with Crippen LogP contribution in [0.25, 0.3) is 0 Å². The van der Waals surface area contributed by atoms with Gasteiger partial charge in [0, 0.05) is 18.7 Å². The fourth-order valence-electron chi connectivity index (χ4n) is 3.53. The molecule has 2 aromatic carbocycles. The maximum absolute atomic E-state index is 13.3. The number of benzene rings is 2. The lowest BCUT2D eigenvalue weighted by atomic mass is 10.1. The Morgan fingerprint density at radius 1 is 1.03 bits per heavy atom. The maximum atomic E-state index is 13.3. The summed E-state index contributed by atoms with van der Waals surface area (Å²) in [7, 11) is -4.51. The van der Waals surface area contributed by atoms with Crippen LogP contribution in [0.3, 0.4) is 0 Å². The average Bonchev–Trinajstić information content (AvgIpc) is 3.02. The molecule has 9 heteroatoms. The van der Waals surface area contributed by atoms with Crippen LogP contribution in [0.5, 0.6) is 11.5 Å². The molecule has 1 saturated heterocycles. The summed E-state index contributed by atoms with van der Waals surface area (Å²) in [6, 6.07) is 11.3. The number of aryl methyl sites for hydroxylation is 1. The molecule has 1 aliphatic heterocycles. The van der Waals surface area contributed by atoms with Gasteiger partial charge in [0.1, 0.15) is 0 Å². The number of rotatable bonds is 7. The molecule has 29 heavy (non-hydrogen) atoms. The van der Waals surface area contributed by atoms with Gasteiger partial charge in [0.05, 0.1) is 35.9 Å². The minimum Gasteiger partial charge on any atom is -0.493 e. The molecule has 1 fully saturated rings. The second-order valence-corrected chi connectivity index (χ2v) is 11.4. The van der Waals surface area contributed by atoms with E-state index in [1.165, 1.54) is 32.4 Å². The molecule has 0 spiro atoms. The third-order valence-corrected chi connectivity index (χ3v) is 9.35. The second kappa shape index (κ2) is 8.33. The van der Waals surface area contributed by atoms with E-state index in [-0.39, 0.29) is 16.4 Å².